The van der Waals surface area contributed by atoms with Gasteiger partial charge in [0.15, 0.2) is 0 Å². The molecule has 0 unspecified atom stereocenters. The molecule has 2 amide bonds. The number of hydroxylamine groups is 1. The molecule has 0 spiro atoms. The number of fused-ring (bicyclic) bond motifs is 1. The van der Waals surface area contributed by atoms with Crippen molar-refractivity contribution in [2.75, 3.05) is 25.6 Å². The Bertz CT molecular complexity index is 820. The Morgan fingerprint density at radius 3 is 2.58 bits per heavy atom. The molecule has 7 heteroatoms. The maximum absolute atomic E-state index is 12.5. The number of carbonyl (C=O) groups excluding carboxylic acids is 2. The van der Waals surface area contributed by atoms with E-state index in [4.69, 9.17) is 9.94 Å². The fourth-order valence-corrected chi connectivity index (χ4v) is 3.07. The summed E-state index contributed by atoms with van der Waals surface area (Å²) in [6.07, 6.45) is 0. The van der Waals surface area contributed by atoms with Crippen LogP contribution in [0.4, 0.5) is 5.69 Å². The predicted molar refractivity (Wildman–Crippen MR) is 96.2 cm³/mol. The van der Waals surface area contributed by atoms with Crippen LogP contribution >= 0.6 is 0 Å². The third-order valence-corrected chi connectivity index (χ3v) is 4.50. The smallest absolute Gasteiger partial charge is 0.274 e. The Morgan fingerprint density at radius 2 is 1.92 bits per heavy atom. The van der Waals surface area contributed by atoms with Crippen molar-refractivity contribution in [3.8, 4) is 5.75 Å². The van der Waals surface area contributed by atoms with E-state index in [9.17, 15) is 9.59 Å². The molecular formula is C19H21N3O4. The maximum atomic E-state index is 12.5. The highest BCUT2D eigenvalue weighted by Crippen LogP contribution is 2.27. The first kappa shape index (κ1) is 17.9. The van der Waals surface area contributed by atoms with Crippen molar-refractivity contribution in [2.24, 2.45) is 0 Å². The van der Waals surface area contributed by atoms with Gasteiger partial charge >= 0.3 is 0 Å². The summed E-state index contributed by atoms with van der Waals surface area (Å²) in [6, 6.07) is 12.7. The van der Waals surface area contributed by atoms with Gasteiger partial charge in [0.05, 0.1) is 13.7 Å². The maximum Gasteiger partial charge on any atom is 0.274 e. The van der Waals surface area contributed by atoms with Crippen LogP contribution in [0.1, 0.15) is 21.5 Å². The van der Waals surface area contributed by atoms with Gasteiger partial charge in [0, 0.05) is 31.4 Å². The molecule has 1 aliphatic rings. The summed E-state index contributed by atoms with van der Waals surface area (Å²) in [6.45, 7) is 1.39. The van der Waals surface area contributed by atoms with Gasteiger partial charge in [-0.2, -0.15) is 0 Å². The number of nitrogens with one attached hydrogen (secondary N) is 1. The quantitative estimate of drug-likeness (QED) is 0.645. The van der Waals surface area contributed by atoms with Crippen molar-refractivity contribution < 1.29 is 19.5 Å². The predicted octanol–water partition coefficient (Wildman–Crippen LogP) is 1.79. The molecule has 0 bridgehead atoms. The number of rotatable bonds is 4. The Labute approximate surface area is 151 Å². The van der Waals surface area contributed by atoms with Crippen LogP contribution in [0.5, 0.6) is 5.75 Å². The first-order valence-electron chi connectivity index (χ1n) is 8.21. The van der Waals surface area contributed by atoms with Crippen LogP contribution in [-0.4, -0.2) is 42.6 Å². The normalized spacial score (nSPS) is 14.6. The van der Waals surface area contributed by atoms with E-state index in [0.717, 1.165) is 22.6 Å². The molecule has 0 saturated heterocycles. The van der Waals surface area contributed by atoms with E-state index >= 15 is 0 Å². The van der Waals surface area contributed by atoms with Gasteiger partial charge in [-0.15, -0.1) is 0 Å². The zero-order valence-electron chi connectivity index (χ0n) is 14.7. The summed E-state index contributed by atoms with van der Waals surface area (Å²) in [5.74, 6) is 0.190. The van der Waals surface area contributed by atoms with Crippen LogP contribution in [0, 0.1) is 0 Å². The minimum absolute atomic E-state index is 0.0170. The molecule has 0 fully saturated rings. The number of anilines is 1. The summed E-state index contributed by atoms with van der Waals surface area (Å²) < 4.78 is 5.17. The summed E-state index contributed by atoms with van der Waals surface area (Å²) in [7, 11) is 3.35. The lowest BCUT2D eigenvalue weighted by Gasteiger charge is -2.19. The van der Waals surface area contributed by atoms with Crippen LogP contribution < -0.4 is 15.1 Å². The molecule has 26 heavy (non-hydrogen) atoms. The molecule has 0 radical (unpaired) electrons. The van der Waals surface area contributed by atoms with E-state index < -0.39 is 5.91 Å². The summed E-state index contributed by atoms with van der Waals surface area (Å²) >= 11 is 0. The Morgan fingerprint density at radius 1 is 1.19 bits per heavy atom. The third-order valence-electron chi connectivity index (χ3n) is 4.50. The lowest BCUT2D eigenvalue weighted by Crippen LogP contribution is -2.34. The van der Waals surface area contributed by atoms with Gasteiger partial charge in [-0.25, -0.2) is 5.48 Å². The monoisotopic (exact) mass is 355 g/mol. The fraction of sp³-hybridized carbons (Fsp3) is 0.263. The molecular weight excluding hydrogens is 334 g/mol. The average Bonchev–Trinajstić information content (AvgIpc) is 2.77. The van der Waals surface area contributed by atoms with Crippen LogP contribution in [0.15, 0.2) is 42.5 Å². The van der Waals surface area contributed by atoms with Crippen molar-refractivity contribution in [3.05, 3.63) is 59.2 Å². The first-order valence-corrected chi connectivity index (χ1v) is 8.21. The molecule has 2 aromatic carbocycles. The number of carbonyl (C=O) groups is 2. The molecule has 1 aliphatic heterocycles. The van der Waals surface area contributed by atoms with Gasteiger partial charge < -0.3 is 9.64 Å². The molecule has 3 rings (SSSR count). The van der Waals surface area contributed by atoms with Crippen molar-refractivity contribution >= 4 is 17.5 Å². The Hall–Kier alpha value is -2.90. The van der Waals surface area contributed by atoms with Crippen LogP contribution in [0.25, 0.3) is 0 Å². The van der Waals surface area contributed by atoms with Gasteiger partial charge in [-0.3, -0.25) is 19.7 Å². The number of likely N-dealkylation sites (N-methyl/N-ethyl adjacent to an activating group) is 1. The lowest BCUT2D eigenvalue weighted by molar-refractivity contribution is -0.119. The van der Waals surface area contributed by atoms with Crippen LogP contribution in [0.2, 0.25) is 0 Å². The van der Waals surface area contributed by atoms with Gasteiger partial charge in [-0.1, -0.05) is 12.1 Å². The summed E-state index contributed by atoms with van der Waals surface area (Å²) in [5.41, 5.74) is 4.67. The highest BCUT2D eigenvalue weighted by atomic mass is 16.5. The molecule has 0 aromatic heterocycles. The Balaban J connectivity index is 1.87. The second-order valence-corrected chi connectivity index (χ2v) is 6.23. The highest BCUT2D eigenvalue weighted by molar-refractivity contribution is 5.98. The molecule has 2 N–H and O–H groups in total. The highest BCUT2D eigenvalue weighted by Gasteiger charge is 2.24. The van der Waals surface area contributed by atoms with Gasteiger partial charge in [0.1, 0.15) is 5.75 Å². The largest absolute Gasteiger partial charge is 0.497 e. The van der Waals surface area contributed by atoms with E-state index in [2.05, 4.69) is 0 Å². The summed E-state index contributed by atoms with van der Waals surface area (Å²) in [4.78, 5) is 27.8. The summed E-state index contributed by atoms with van der Waals surface area (Å²) in [5, 5.41) is 8.85. The van der Waals surface area contributed by atoms with Gasteiger partial charge in [0.25, 0.3) is 5.91 Å². The SMILES string of the molecule is COc1ccc(CN2CC(=O)N(C)c3ccc(C(=O)NO)cc3C2)cc1. The Kier molecular flexibility index (Phi) is 5.20. The number of hydrogen-bond acceptors (Lipinski definition) is 5. The van der Waals surface area contributed by atoms with Crippen LogP contribution in [0.3, 0.4) is 0 Å². The van der Waals surface area contributed by atoms with Crippen LogP contribution in [-0.2, 0) is 17.9 Å². The van der Waals surface area contributed by atoms with Crippen molar-refractivity contribution in [3.63, 3.8) is 0 Å². The fourth-order valence-electron chi connectivity index (χ4n) is 3.07. The average molecular weight is 355 g/mol. The van der Waals surface area contributed by atoms with Crippen molar-refractivity contribution in [1.29, 1.82) is 0 Å². The number of benzene rings is 2. The number of amides is 2. The first-order chi connectivity index (χ1) is 12.5. The van der Waals surface area contributed by atoms with Gasteiger partial charge in [-0.05, 0) is 41.5 Å². The van der Waals surface area contributed by atoms with Crippen molar-refractivity contribution in [1.82, 2.24) is 10.4 Å². The second kappa shape index (κ2) is 7.55. The van der Waals surface area contributed by atoms with E-state index in [1.807, 2.05) is 29.2 Å². The number of methoxy groups -OCH3 is 1. The number of ether oxygens (including phenoxy) is 1. The number of nitrogens with zero attached hydrogens (tertiary/aromatic N) is 2. The standard InChI is InChI=1S/C19H21N3O4/c1-21-17-8-5-14(19(24)20-25)9-15(17)11-22(12-18(21)23)10-13-3-6-16(26-2)7-4-13/h3-9,25H,10-12H2,1-2H3,(H,20,24). The molecule has 136 valence electrons. The van der Waals surface area contributed by atoms with E-state index in [1.165, 1.54) is 0 Å². The molecule has 0 atom stereocenters. The minimum atomic E-state index is -0.576. The zero-order chi connectivity index (χ0) is 18.7. The van der Waals surface area contributed by atoms with Crippen molar-refractivity contribution in [2.45, 2.75) is 13.1 Å². The zero-order valence-corrected chi connectivity index (χ0v) is 14.7. The van der Waals surface area contributed by atoms with E-state index in [0.29, 0.717) is 18.7 Å². The molecule has 2 aromatic rings. The molecule has 1 heterocycles. The third kappa shape index (κ3) is 3.68. The topological polar surface area (TPSA) is 82.1 Å². The minimum Gasteiger partial charge on any atom is -0.497 e. The molecule has 0 aliphatic carbocycles. The van der Waals surface area contributed by atoms with Gasteiger partial charge in [0.2, 0.25) is 5.91 Å². The lowest BCUT2D eigenvalue weighted by atomic mass is 10.1. The molecule has 7 nitrogen and oxygen atoms in total. The second-order valence-electron chi connectivity index (χ2n) is 6.23. The van der Waals surface area contributed by atoms with E-state index in [1.54, 1.807) is 42.7 Å². The van der Waals surface area contributed by atoms with E-state index in [-0.39, 0.29) is 12.5 Å². The number of hydrogen-bond donors (Lipinski definition) is 2. The molecule has 0 saturated carbocycles.